The van der Waals surface area contributed by atoms with E-state index in [1.807, 2.05) is 19.1 Å². The van der Waals surface area contributed by atoms with Gasteiger partial charge >= 0.3 is 0 Å². The zero-order chi connectivity index (χ0) is 19.9. The van der Waals surface area contributed by atoms with Gasteiger partial charge in [-0.25, -0.2) is 8.42 Å². The first kappa shape index (κ1) is 25.6. The molecule has 0 saturated carbocycles. The summed E-state index contributed by atoms with van der Waals surface area (Å²) < 4.78 is 29.2. The molecule has 0 radical (unpaired) electrons. The molecule has 1 aromatic rings. The Morgan fingerprint density at radius 3 is 1.46 bits per heavy atom. The van der Waals surface area contributed by atoms with Crippen LogP contribution >= 0.6 is 0 Å². The fourth-order valence-corrected chi connectivity index (χ4v) is 5.74. The minimum Gasteiger partial charge on any atom is -1.00 e. The van der Waals surface area contributed by atoms with E-state index in [-0.39, 0.29) is 33.6 Å². The molecule has 0 amide bonds. The van der Waals surface area contributed by atoms with E-state index in [0.29, 0.717) is 16.0 Å². The number of aryl methyl sites for hydroxylation is 1. The minimum atomic E-state index is -3.56. The number of rotatable bonds is 4. The van der Waals surface area contributed by atoms with Crippen LogP contribution in [0.4, 0.5) is 0 Å². The van der Waals surface area contributed by atoms with Crippen molar-refractivity contribution >= 4 is 10.0 Å². The first-order valence-corrected chi connectivity index (χ1v) is 10.4. The molecule has 152 valence electrons. The van der Waals surface area contributed by atoms with E-state index in [2.05, 4.69) is 67.0 Å². The largest absolute Gasteiger partial charge is 1.00 e. The van der Waals surface area contributed by atoms with Crippen LogP contribution in [0.25, 0.3) is 0 Å². The molecule has 4 nitrogen and oxygen atoms in total. The second-order valence-electron chi connectivity index (χ2n) is 9.94. The second kappa shape index (κ2) is 7.90. The maximum Gasteiger partial charge on any atom is 0.244 e. The normalized spacial score (nSPS) is 14.1. The van der Waals surface area contributed by atoms with Crippen molar-refractivity contribution in [3.8, 4) is 0 Å². The van der Waals surface area contributed by atoms with Gasteiger partial charge in [0, 0.05) is 0 Å². The molecule has 0 aliphatic rings. The first-order valence-electron chi connectivity index (χ1n) is 8.90. The molecule has 0 aromatic heterocycles. The van der Waals surface area contributed by atoms with Crippen molar-refractivity contribution in [3.63, 3.8) is 0 Å². The van der Waals surface area contributed by atoms with Gasteiger partial charge < -0.3 is 17.0 Å². The van der Waals surface area contributed by atoms with Crippen molar-refractivity contribution in [2.45, 2.75) is 90.7 Å². The summed E-state index contributed by atoms with van der Waals surface area (Å²) in [5, 5.41) is 0. The second-order valence-corrected chi connectivity index (χ2v) is 11.7. The molecule has 0 bridgehead atoms. The molecule has 26 heavy (non-hydrogen) atoms. The maximum absolute atomic E-state index is 12.8. The van der Waals surface area contributed by atoms with E-state index in [9.17, 15) is 8.42 Å². The third kappa shape index (κ3) is 4.89. The van der Waals surface area contributed by atoms with Gasteiger partial charge in [-0.2, -0.15) is 4.72 Å². The van der Waals surface area contributed by atoms with Crippen LogP contribution in [0.2, 0.25) is 0 Å². The molecule has 0 unspecified atom stereocenters. The monoisotopic (exact) mass is 448 g/mol. The number of halogens is 1. The summed E-state index contributed by atoms with van der Waals surface area (Å²) in [5.41, 5.74) is 0.605. The van der Waals surface area contributed by atoms with Gasteiger partial charge in [-0.05, 0) is 81.4 Å². The van der Waals surface area contributed by atoms with Crippen LogP contribution in [0.1, 0.15) is 67.9 Å². The van der Waals surface area contributed by atoms with Gasteiger partial charge in [-0.3, -0.25) is 4.48 Å². The van der Waals surface area contributed by atoms with E-state index in [4.69, 9.17) is 0 Å². The third-order valence-corrected chi connectivity index (χ3v) is 6.66. The Bertz CT molecular complexity index is 655. The molecule has 6 heteroatoms. The summed E-state index contributed by atoms with van der Waals surface area (Å²) in [7, 11) is -3.56. The highest BCUT2D eigenvalue weighted by molar-refractivity contribution is 7.89. The predicted molar refractivity (Wildman–Crippen MR) is 106 cm³/mol. The van der Waals surface area contributed by atoms with Crippen LogP contribution in [0.15, 0.2) is 29.2 Å². The number of sulfonamides is 1. The van der Waals surface area contributed by atoms with Crippen LogP contribution in [0.3, 0.4) is 0 Å². The lowest BCUT2D eigenvalue weighted by molar-refractivity contribution is -1.05. The Kier molecular flexibility index (Phi) is 7.77. The van der Waals surface area contributed by atoms with E-state index < -0.39 is 10.0 Å². The molecule has 0 spiro atoms. The average molecular weight is 449 g/mol. The third-order valence-electron chi connectivity index (χ3n) is 5.26. The number of nitrogens with zero attached hydrogens (tertiary/aromatic N) is 1. The van der Waals surface area contributed by atoms with Crippen LogP contribution in [-0.2, 0) is 10.0 Å². The quantitative estimate of drug-likeness (QED) is 0.559. The number of benzene rings is 1. The summed E-state index contributed by atoms with van der Waals surface area (Å²) in [6, 6.07) is 6.98. The zero-order valence-electron chi connectivity index (χ0n) is 18.1. The Labute approximate surface area is 171 Å². The Morgan fingerprint density at radius 1 is 0.808 bits per heavy atom. The van der Waals surface area contributed by atoms with Crippen molar-refractivity contribution in [1.82, 2.24) is 4.72 Å². The fraction of sp³-hybridized carbons (Fsp3) is 0.700. The van der Waals surface area contributed by atoms with E-state index in [0.717, 1.165) is 5.56 Å². The van der Waals surface area contributed by atoms with Gasteiger partial charge in [0.1, 0.15) is 6.67 Å². The fourth-order valence-electron chi connectivity index (χ4n) is 4.71. The van der Waals surface area contributed by atoms with Crippen LogP contribution in [0.5, 0.6) is 0 Å². The SMILES string of the molecule is Cc1ccc(S(=O)(=O)NC[N+](C(C)(C)C)(C(C)(C)C)C(C)(C)C)cc1.[Br-]. The molecule has 0 heterocycles. The van der Waals surface area contributed by atoms with Gasteiger partial charge in [-0.1, -0.05) is 17.7 Å². The van der Waals surface area contributed by atoms with Gasteiger partial charge in [0.2, 0.25) is 10.0 Å². The molecule has 1 N–H and O–H groups in total. The summed E-state index contributed by atoms with van der Waals surface area (Å²) in [5.74, 6) is 0. The number of hydrogen-bond donors (Lipinski definition) is 1. The van der Waals surface area contributed by atoms with Crippen molar-refractivity contribution in [2.24, 2.45) is 0 Å². The number of hydrogen-bond acceptors (Lipinski definition) is 2. The van der Waals surface area contributed by atoms with Gasteiger partial charge in [0.15, 0.2) is 0 Å². The molecule has 0 aliphatic heterocycles. The molecule has 1 rings (SSSR count). The van der Waals surface area contributed by atoms with E-state index in [1.54, 1.807) is 12.1 Å². The highest BCUT2D eigenvalue weighted by atomic mass is 79.9. The lowest BCUT2D eigenvalue weighted by atomic mass is 9.82. The summed E-state index contributed by atoms with van der Waals surface area (Å²) in [6.07, 6.45) is 0. The standard InChI is InChI=1S/C20H37N2O2S.BrH/c1-16-11-13-17(14-12-16)25(23,24)21-15-22(18(2,3)4,19(5,6)7)20(8,9)10;/h11-14,21H,15H2,1-10H3;1H/q+1;/p-1. The lowest BCUT2D eigenvalue weighted by Crippen LogP contribution is -3.00. The molecule has 0 aliphatic carbocycles. The average Bonchev–Trinajstić information content (AvgIpc) is 2.34. The number of nitrogens with one attached hydrogen (secondary N) is 1. The van der Waals surface area contributed by atoms with Crippen molar-refractivity contribution in [2.75, 3.05) is 6.67 Å². The Hall–Kier alpha value is -0.430. The summed E-state index contributed by atoms with van der Waals surface area (Å²) >= 11 is 0. The van der Waals surface area contributed by atoms with Gasteiger partial charge in [0.05, 0.1) is 21.5 Å². The molecule has 0 atom stereocenters. The van der Waals surface area contributed by atoms with E-state index >= 15 is 0 Å². The minimum absolute atomic E-state index is 0. The Morgan fingerprint density at radius 2 is 1.15 bits per heavy atom. The molecule has 0 fully saturated rings. The van der Waals surface area contributed by atoms with Gasteiger partial charge in [-0.15, -0.1) is 0 Å². The van der Waals surface area contributed by atoms with Crippen LogP contribution in [0, 0.1) is 6.92 Å². The first-order chi connectivity index (χ1) is 11.0. The van der Waals surface area contributed by atoms with Crippen LogP contribution < -0.4 is 21.7 Å². The van der Waals surface area contributed by atoms with E-state index in [1.165, 1.54) is 0 Å². The predicted octanol–water partition coefficient (Wildman–Crippen LogP) is 1.45. The summed E-state index contributed by atoms with van der Waals surface area (Å²) in [4.78, 5) is 0.313. The van der Waals surface area contributed by atoms with Crippen molar-refractivity contribution in [1.29, 1.82) is 0 Å². The molecule has 0 saturated heterocycles. The zero-order valence-corrected chi connectivity index (χ0v) is 20.5. The van der Waals surface area contributed by atoms with Crippen molar-refractivity contribution < 1.29 is 29.9 Å². The smallest absolute Gasteiger partial charge is 0.244 e. The maximum atomic E-state index is 12.8. The summed E-state index contributed by atoms with van der Waals surface area (Å²) in [6.45, 7) is 21.9. The molecular weight excluding hydrogens is 412 g/mol. The van der Waals surface area contributed by atoms with Crippen LogP contribution in [-0.4, -0.2) is 36.2 Å². The highest BCUT2D eigenvalue weighted by Gasteiger charge is 2.56. The molecular formula is C20H37BrN2O2S. The lowest BCUT2D eigenvalue weighted by Gasteiger charge is -2.63. The topological polar surface area (TPSA) is 46.2 Å². The molecule has 1 aromatic carbocycles. The number of quaternary nitrogens is 1. The Balaban J connectivity index is 0.00000625. The van der Waals surface area contributed by atoms with Gasteiger partial charge in [0.25, 0.3) is 0 Å². The van der Waals surface area contributed by atoms with Crippen molar-refractivity contribution in [3.05, 3.63) is 29.8 Å². The highest BCUT2D eigenvalue weighted by Crippen LogP contribution is 2.43.